The van der Waals surface area contributed by atoms with E-state index in [9.17, 15) is 13.0 Å². The molecule has 0 saturated heterocycles. The van der Waals surface area contributed by atoms with Crippen LogP contribution in [0.25, 0.3) is 12.2 Å². The van der Waals surface area contributed by atoms with Crippen LogP contribution in [0.4, 0.5) is 35.2 Å². The highest BCUT2D eigenvalue weighted by Crippen LogP contribution is 2.31. The van der Waals surface area contributed by atoms with Crippen LogP contribution in [0, 0.1) is 0 Å². The molecule has 0 radical (unpaired) electrons. The third kappa shape index (κ3) is 11.9. The molecule has 0 saturated carbocycles. The molecule has 268 valence electrons. The number of rotatable bonds is 18. The number of nitrogens with one attached hydrogen (secondary N) is 2. The van der Waals surface area contributed by atoms with E-state index in [1.54, 1.807) is 30.3 Å². The Bertz CT molecular complexity index is 1900. The van der Waals surface area contributed by atoms with Crippen LogP contribution in [0.15, 0.2) is 46.2 Å². The van der Waals surface area contributed by atoms with Gasteiger partial charge in [0, 0.05) is 29.4 Å². The average molecular weight is 733 g/mol. The van der Waals surface area contributed by atoms with E-state index in [0.29, 0.717) is 54.5 Å². The molecule has 22 heteroatoms. The number of benzene rings is 2. The van der Waals surface area contributed by atoms with Crippen molar-refractivity contribution in [2.75, 3.05) is 76.6 Å². The fourth-order valence-corrected chi connectivity index (χ4v) is 5.13. The molecule has 4 rings (SSSR count). The molecule has 2 aromatic heterocycles. The fourth-order valence-electron chi connectivity index (χ4n) is 3.91. The van der Waals surface area contributed by atoms with E-state index in [4.69, 9.17) is 26.2 Å². The minimum Gasteiger partial charge on any atom is -0.462 e. The Morgan fingerprint density at radius 1 is 0.780 bits per heavy atom. The van der Waals surface area contributed by atoms with Crippen LogP contribution in [-0.4, -0.2) is 112 Å². The lowest BCUT2D eigenvalue weighted by Crippen LogP contribution is -2.20. The number of ether oxygens (including phenoxy) is 2. The number of nitrogen functional groups attached to an aromatic ring is 2. The lowest BCUT2D eigenvalue weighted by Gasteiger charge is -2.12. The van der Waals surface area contributed by atoms with Gasteiger partial charge in [-0.2, -0.15) is 38.3 Å². The first kappa shape index (κ1) is 37.9. The number of hydrogen-bond donors (Lipinski definition) is 6. The van der Waals surface area contributed by atoms with Crippen molar-refractivity contribution >= 4 is 69.5 Å². The van der Waals surface area contributed by atoms with Crippen molar-refractivity contribution in [3.8, 4) is 12.0 Å². The summed E-state index contributed by atoms with van der Waals surface area (Å²) in [6, 6.07) is 9.17. The van der Waals surface area contributed by atoms with Crippen LogP contribution >= 0.6 is 12.0 Å². The van der Waals surface area contributed by atoms with Crippen LogP contribution in [0.1, 0.15) is 11.1 Å². The Hall–Kier alpha value is -4.94. The second kappa shape index (κ2) is 17.6. The van der Waals surface area contributed by atoms with Gasteiger partial charge in [0.15, 0.2) is 0 Å². The van der Waals surface area contributed by atoms with Crippen LogP contribution in [0.5, 0.6) is 12.0 Å². The molecule has 0 unspecified atom stereocenters. The molecule has 0 amide bonds. The zero-order valence-electron chi connectivity index (χ0n) is 27.3. The highest BCUT2D eigenvalue weighted by Gasteiger charge is 2.17. The van der Waals surface area contributed by atoms with Crippen LogP contribution in [0.2, 0.25) is 0 Å². The lowest BCUT2D eigenvalue weighted by molar-refractivity contribution is -0.432. The Balaban J connectivity index is 1.56. The lowest BCUT2D eigenvalue weighted by atomic mass is 10.1. The molecule has 0 bridgehead atoms. The summed E-state index contributed by atoms with van der Waals surface area (Å²) in [5.74, 6) is -0.0722. The molecular formula is C28H36N12O8S2. The first-order valence-electron chi connectivity index (χ1n) is 14.5. The molecule has 0 aliphatic rings. The van der Waals surface area contributed by atoms with Gasteiger partial charge in [-0.3, -0.25) is 4.55 Å². The summed E-state index contributed by atoms with van der Waals surface area (Å²) in [6.07, 6.45) is 3.02. The van der Waals surface area contributed by atoms with E-state index in [0.717, 1.165) is 0 Å². The van der Waals surface area contributed by atoms with Gasteiger partial charge in [0.25, 0.3) is 10.1 Å². The predicted octanol–water partition coefficient (Wildman–Crippen LogP) is 2.43. The predicted molar refractivity (Wildman–Crippen MR) is 185 cm³/mol. The van der Waals surface area contributed by atoms with E-state index in [1.807, 2.05) is 38.0 Å². The van der Waals surface area contributed by atoms with Gasteiger partial charge in [-0.05, 0) is 63.6 Å². The van der Waals surface area contributed by atoms with Gasteiger partial charge in [-0.25, -0.2) is 5.26 Å². The normalized spacial score (nSPS) is 11.8. The van der Waals surface area contributed by atoms with Gasteiger partial charge in [0.2, 0.25) is 23.8 Å². The molecule has 0 spiro atoms. The topological polar surface area (TPSA) is 271 Å². The van der Waals surface area contributed by atoms with Crippen LogP contribution in [0.3, 0.4) is 0 Å². The maximum Gasteiger partial charge on any atom is 0.323 e. The summed E-state index contributed by atoms with van der Waals surface area (Å²) in [6.45, 7) is 1.87. The van der Waals surface area contributed by atoms with E-state index >= 15 is 0 Å². The molecule has 0 atom stereocenters. The second-order valence-electron chi connectivity index (χ2n) is 10.7. The fraction of sp³-hybridized carbons (Fsp3) is 0.286. The molecule has 50 heavy (non-hydrogen) atoms. The molecule has 20 nitrogen and oxygen atoms in total. The maximum atomic E-state index is 12.4. The van der Waals surface area contributed by atoms with Crippen molar-refractivity contribution in [1.82, 2.24) is 39.7 Å². The second-order valence-corrected chi connectivity index (χ2v) is 12.8. The van der Waals surface area contributed by atoms with Crippen molar-refractivity contribution in [1.29, 1.82) is 0 Å². The van der Waals surface area contributed by atoms with Gasteiger partial charge < -0.3 is 41.4 Å². The molecule has 8 N–H and O–H groups in total. The average Bonchev–Trinajstić information content (AvgIpc) is 3.02. The van der Waals surface area contributed by atoms with E-state index < -0.39 is 15.0 Å². The summed E-state index contributed by atoms with van der Waals surface area (Å²) in [5, 5.41) is 18.4. The Morgan fingerprint density at radius 3 is 1.78 bits per heavy atom. The van der Waals surface area contributed by atoms with Crippen LogP contribution < -0.4 is 31.6 Å². The summed E-state index contributed by atoms with van der Waals surface area (Å²) < 4.78 is 50.6. The zero-order chi connectivity index (χ0) is 36.3. The molecule has 0 aliphatic carbocycles. The summed E-state index contributed by atoms with van der Waals surface area (Å²) in [4.78, 5) is 28.2. The smallest absolute Gasteiger partial charge is 0.323 e. The van der Waals surface area contributed by atoms with E-state index in [-0.39, 0.29) is 47.1 Å². The van der Waals surface area contributed by atoms with Crippen molar-refractivity contribution in [3.63, 3.8) is 0 Å². The van der Waals surface area contributed by atoms with Gasteiger partial charge >= 0.3 is 12.0 Å². The molecular weight excluding hydrogens is 697 g/mol. The highest BCUT2D eigenvalue weighted by atomic mass is 32.2. The number of nitrogens with zero attached hydrogens (tertiary/aromatic N) is 8. The van der Waals surface area contributed by atoms with Crippen LogP contribution in [-0.2, 0) is 19.5 Å². The number of hydrogen-bond acceptors (Lipinski definition) is 20. The highest BCUT2D eigenvalue weighted by molar-refractivity contribution is 7.94. The number of nitrogens with two attached hydrogens (primary N) is 2. The van der Waals surface area contributed by atoms with Crippen molar-refractivity contribution in [2.45, 2.75) is 9.79 Å². The molecule has 0 fully saturated rings. The molecule has 2 aromatic carbocycles. The minimum atomic E-state index is -4.71. The molecule has 2 heterocycles. The van der Waals surface area contributed by atoms with Crippen molar-refractivity contribution < 1.29 is 37.1 Å². The van der Waals surface area contributed by atoms with Crippen molar-refractivity contribution in [3.05, 3.63) is 47.5 Å². The minimum absolute atomic E-state index is 0.00340. The van der Waals surface area contributed by atoms with Crippen molar-refractivity contribution in [2.24, 2.45) is 0 Å². The van der Waals surface area contributed by atoms with Gasteiger partial charge in [-0.15, -0.1) is 4.33 Å². The zero-order valence-corrected chi connectivity index (χ0v) is 29.0. The van der Waals surface area contributed by atoms with Gasteiger partial charge in [0.05, 0.1) is 12.0 Å². The Kier molecular flexibility index (Phi) is 13.4. The molecule has 0 aliphatic heterocycles. The largest absolute Gasteiger partial charge is 0.462 e. The molecule has 4 aromatic rings. The van der Waals surface area contributed by atoms with Gasteiger partial charge in [-0.1, -0.05) is 29.3 Å². The quantitative estimate of drug-likeness (QED) is 0.0282. The maximum absolute atomic E-state index is 12.4. The summed E-state index contributed by atoms with van der Waals surface area (Å²) in [5.41, 5.74) is 13.0. The standard InChI is InChI=1S/C28H36N12O8S2/c1-39(2)11-13-45-27-35-23(29)33-25(37-27)31-19-9-7-17(21(15-19)49-48-47-41)5-6-18-8-10-20(16-22(18)50(42,43)44)32-26-34-24(30)36-28(38-26)46-14-12-40(3)4/h5-10,15-16,41H,11-14H2,1-4H3,(H,42,43,44)(H3,29,31,33,35,37)(H3,30,32,34,36,38)/b6-5+. The summed E-state index contributed by atoms with van der Waals surface area (Å²) >= 11 is 0.659. The van der Waals surface area contributed by atoms with E-state index in [1.165, 1.54) is 18.2 Å². The first-order chi connectivity index (χ1) is 23.8. The van der Waals surface area contributed by atoms with E-state index in [2.05, 4.69) is 49.9 Å². The summed E-state index contributed by atoms with van der Waals surface area (Å²) in [7, 11) is 2.86. The number of anilines is 6. The third-order valence-electron chi connectivity index (χ3n) is 6.22. The Labute approximate surface area is 291 Å². The SMILES string of the molecule is CN(C)CCOc1nc(N)nc(Nc2ccc(/C=C/c3ccc(Nc4nc(N)nc(OCCN(C)C)n4)cc3S(=O)(=O)O)c(SOOO)c2)n1. The monoisotopic (exact) mass is 732 g/mol. The Morgan fingerprint density at radius 2 is 1.28 bits per heavy atom. The third-order valence-corrected chi connectivity index (χ3v) is 7.79. The first-order valence-corrected chi connectivity index (χ1v) is 16.7. The number of aromatic nitrogens is 6. The number of likely N-dealkylation sites (N-methyl/N-ethyl adjacent to an activating group) is 2. The van der Waals surface area contributed by atoms with Gasteiger partial charge in [0.1, 0.15) is 18.1 Å².